The third-order valence-corrected chi connectivity index (χ3v) is 2.10. The molecule has 0 saturated carbocycles. The van der Waals surface area contributed by atoms with Gasteiger partial charge in [-0.3, -0.25) is 4.79 Å². The fourth-order valence-electron chi connectivity index (χ4n) is 1.19. The van der Waals surface area contributed by atoms with E-state index in [1.165, 1.54) is 32.4 Å². The van der Waals surface area contributed by atoms with E-state index in [1.54, 1.807) is 6.92 Å². The molecule has 0 unspecified atom stereocenters. The highest BCUT2D eigenvalue weighted by Gasteiger charge is 2.13. The first-order chi connectivity index (χ1) is 8.12. The molecule has 0 bridgehead atoms. The molecule has 0 spiro atoms. The first kappa shape index (κ1) is 13.0. The summed E-state index contributed by atoms with van der Waals surface area (Å²) in [5.41, 5.74) is 0.334. The van der Waals surface area contributed by atoms with Gasteiger partial charge in [-0.15, -0.1) is 0 Å². The van der Waals surface area contributed by atoms with Crippen LogP contribution in [-0.2, 0) is 9.53 Å². The summed E-state index contributed by atoms with van der Waals surface area (Å²) in [4.78, 5) is 22.4. The van der Waals surface area contributed by atoms with Crippen molar-refractivity contribution in [3.63, 3.8) is 0 Å². The van der Waals surface area contributed by atoms with E-state index in [2.05, 4.69) is 4.74 Å². The first-order valence-corrected chi connectivity index (χ1v) is 5.09. The van der Waals surface area contributed by atoms with Crippen molar-refractivity contribution in [2.45, 2.75) is 13.3 Å². The molecule has 0 atom stereocenters. The summed E-state index contributed by atoms with van der Waals surface area (Å²) in [5, 5.41) is 0. The Bertz CT molecular complexity index is 425. The van der Waals surface area contributed by atoms with Crippen LogP contribution in [0.4, 0.5) is 0 Å². The maximum atomic E-state index is 11.3. The maximum absolute atomic E-state index is 11.3. The lowest BCUT2D eigenvalue weighted by Gasteiger charge is -2.09. The Hall–Kier alpha value is -2.04. The van der Waals surface area contributed by atoms with E-state index in [4.69, 9.17) is 9.47 Å². The van der Waals surface area contributed by atoms with E-state index in [0.29, 0.717) is 11.3 Å². The molecular formula is C12H14O5. The number of rotatable bonds is 4. The van der Waals surface area contributed by atoms with Crippen molar-refractivity contribution in [1.82, 2.24) is 0 Å². The molecule has 0 radical (unpaired) electrons. The number of hydrogen-bond donors (Lipinski definition) is 0. The number of hydrogen-bond acceptors (Lipinski definition) is 5. The number of esters is 2. The summed E-state index contributed by atoms with van der Waals surface area (Å²) >= 11 is 0. The lowest BCUT2D eigenvalue weighted by molar-refractivity contribution is -0.134. The second-order valence-corrected chi connectivity index (χ2v) is 3.18. The van der Waals surface area contributed by atoms with Crippen molar-refractivity contribution < 1.29 is 23.8 Å². The standard InChI is InChI=1S/C12H14O5/c1-4-11(13)17-9-6-5-8(12(14)16-3)7-10(9)15-2/h5-7H,4H2,1-3H3. The number of ether oxygens (including phenoxy) is 3. The summed E-state index contributed by atoms with van der Waals surface area (Å²) in [5.74, 6) is -0.243. The normalized spacial score (nSPS) is 9.59. The van der Waals surface area contributed by atoms with Gasteiger partial charge in [0.2, 0.25) is 0 Å². The Morgan fingerprint density at radius 2 is 1.88 bits per heavy atom. The Kier molecular flexibility index (Phi) is 4.51. The molecule has 0 heterocycles. The Morgan fingerprint density at radius 3 is 2.41 bits per heavy atom. The van der Waals surface area contributed by atoms with Crippen LogP contribution in [0, 0.1) is 0 Å². The van der Waals surface area contributed by atoms with Crippen LogP contribution >= 0.6 is 0 Å². The SMILES string of the molecule is CCC(=O)Oc1ccc(C(=O)OC)cc1OC. The molecular weight excluding hydrogens is 224 g/mol. The van der Waals surface area contributed by atoms with Gasteiger partial charge in [0, 0.05) is 6.42 Å². The zero-order valence-electron chi connectivity index (χ0n) is 9.98. The fourth-order valence-corrected chi connectivity index (χ4v) is 1.19. The second-order valence-electron chi connectivity index (χ2n) is 3.18. The van der Waals surface area contributed by atoms with Gasteiger partial charge in [-0.1, -0.05) is 6.92 Å². The summed E-state index contributed by atoms with van der Waals surface area (Å²) in [6, 6.07) is 4.47. The minimum atomic E-state index is -0.475. The third kappa shape index (κ3) is 3.21. The number of carbonyl (C=O) groups excluding carboxylic acids is 2. The average molecular weight is 238 g/mol. The fraction of sp³-hybridized carbons (Fsp3) is 0.333. The molecule has 0 N–H and O–H groups in total. The maximum Gasteiger partial charge on any atom is 0.337 e. The van der Waals surface area contributed by atoms with Gasteiger partial charge in [-0.2, -0.15) is 0 Å². The van der Waals surface area contributed by atoms with Crippen LogP contribution in [0.2, 0.25) is 0 Å². The van der Waals surface area contributed by atoms with Crippen LogP contribution in [-0.4, -0.2) is 26.2 Å². The van der Waals surface area contributed by atoms with E-state index < -0.39 is 5.97 Å². The highest BCUT2D eigenvalue weighted by atomic mass is 16.6. The lowest BCUT2D eigenvalue weighted by Crippen LogP contribution is -2.08. The summed E-state index contributed by atoms with van der Waals surface area (Å²) in [6.45, 7) is 1.69. The van der Waals surface area contributed by atoms with Crippen LogP contribution in [0.5, 0.6) is 11.5 Å². The largest absolute Gasteiger partial charge is 0.493 e. The van der Waals surface area contributed by atoms with Gasteiger partial charge < -0.3 is 14.2 Å². The van der Waals surface area contributed by atoms with Crippen molar-refractivity contribution >= 4 is 11.9 Å². The molecule has 0 aliphatic rings. The molecule has 5 nitrogen and oxygen atoms in total. The van der Waals surface area contributed by atoms with Crippen molar-refractivity contribution in [3.05, 3.63) is 23.8 Å². The van der Waals surface area contributed by atoms with Crippen LogP contribution in [0.1, 0.15) is 23.7 Å². The molecule has 92 valence electrons. The summed E-state index contributed by atoms with van der Waals surface area (Å²) < 4.78 is 14.7. The molecule has 0 saturated heterocycles. The number of benzene rings is 1. The van der Waals surface area contributed by atoms with Gasteiger partial charge in [0.05, 0.1) is 19.8 Å². The van der Waals surface area contributed by atoms with Gasteiger partial charge in [-0.05, 0) is 18.2 Å². The number of methoxy groups -OCH3 is 2. The minimum absolute atomic E-state index is 0.266. The highest BCUT2D eigenvalue weighted by molar-refractivity contribution is 5.90. The zero-order chi connectivity index (χ0) is 12.8. The molecule has 1 aromatic carbocycles. The molecule has 1 aromatic rings. The molecule has 0 aliphatic carbocycles. The average Bonchev–Trinajstić information content (AvgIpc) is 2.37. The highest BCUT2D eigenvalue weighted by Crippen LogP contribution is 2.28. The summed E-state index contributed by atoms with van der Waals surface area (Å²) in [7, 11) is 2.72. The van der Waals surface area contributed by atoms with Gasteiger partial charge in [0.15, 0.2) is 11.5 Å². The molecule has 0 aliphatic heterocycles. The van der Waals surface area contributed by atoms with E-state index in [-0.39, 0.29) is 18.1 Å². The van der Waals surface area contributed by atoms with Crippen molar-refractivity contribution in [1.29, 1.82) is 0 Å². The van der Waals surface area contributed by atoms with E-state index in [0.717, 1.165) is 0 Å². The first-order valence-electron chi connectivity index (χ1n) is 5.09. The summed E-state index contributed by atoms with van der Waals surface area (Å²) in [6.07, 6.45) is 0.266. The van der Waals surface area contributed by atoms with E-state index >= 15 is 0 Å². The zero-order valence-corrected chi connectivity index (χ0v) is 9.98. The van der Waals surface area contributed by atoms with Crippen LogP contribution in [0.15, 0.2) is 18.2 Å². The third-order valence-electron chi connectivity index (χ3n) is 2.10. The smallest absolute Gasteiger partial charge is 0.337 e. The van der Waals surface area contributed by atoms with Crippen molar-refractivity contribution in [2.24, 2.45) is 0 Å². The quantitative estimate of drug-likeness (QED) is 0.591. The predicted molar refractivity (Wildman–Crippen MR) is 60.3 cm³/mol. The lowest BCUT2D eigenvalue weighted by atomic mass is 10.2. The van der Waals surface area contributed by atoms with E-state index in [1.807, 2.05) is 0 Å². The monoisotopic (exact) mass is 238 g/mol. The van der Waals surface area contributed by atoms with Crippen molar-refractivity contribution in [2.75, 3.05) is 14.2 Å². The van der Waals surface area contributed by atoms with E-state index in [9.17, 15) is 9.59 Å². The molecule has 0 aromatic heterocycles. The van der Waals surface area contributed by atoms with Gasteiger partial charge in [-0.25, -0.2) is 4.79 Å². The predicted octanol–water partition coefficient (Wildman–Crippen LogP) is 1.80. The van der Waals surface area contributed by atoms with Crippen molar-refractivity contribution in [3.8, 4) is 11.5 Å². The van der Waals surface area contributed by atoms with Crippen LogP contribution < -0.4 is 9.47 Å². The molecule has 5 heteroatoms. The minimum Gasteiger partial charge on any atom is -0.493 e. The van der Waals surface area contributed by atoms with Crippen LogP contribution in [0.3, 0.4) is 0 Å². The Labute approximate surface area is 99.3 Å². The van der Waals surface area contributed by atoms with Crippen LogP contribution in [0.25, 0.3) is 0 Å². The number of carbonyl (C=O) groups is 2. The Morgan fingerprint density at radius 1 is 1.18 bits per heavy atom. The van der Waals surface area contributed by atoms with Gasteiger partial charge in [0.1, 0.15) is 0 Å². The second kappa shape index (κ2) is 5.89. The molecule has 0 amide bonds. The topological polar surface area (TPSA) is 61.8 Å². The molecule has 1 rings (SSSR count). The van der Waals surface area contributed by atoms with Gasteiger partial charge in [0.25, 0.3) is 0 Å². The molecule has 0 fully saturated rings. The molecule has 17 heavy (non-hydrogen) atoms. The Balaban J connectivity index is 3.01. The van der Waals surface area contributed by atoms with Gasteiger partial charge >= 0.3 is 11.9 Å².